The van der Waals surface area contributed by atoms with Gasteiger partial charge in [-0.05, 0) is 42.5 Å². The van der Waals surface area contributed by atoms with E-state index in [1.807, 2.05) is 43.3 Å². The van der Waals surface area contributed by atoms with Gasteiger partial charge in [0.15, 0.2) is 15.0 Å². The minimum Gasteiger partial charge on any atom is -0.379 e. The van der Waals surface area contributed by atoms with Crippen LogP contribution in [0.3, 0.4) is 0 Å². The summed E-state index contributed by atoms with van der Waals surface area (Å²) in [7, 11) is 0.587. The topological polar surface area (TPSA) is 83.1 Å². The Hall–Kier alpha value is -2.24. The largest absolute Gasteiger partial charge is 0.379 e. The van der Waals surface area contributed by atoms with Crippen LogP contribution >= 0.6 is 23.7 Å². The predicted octanol–water partition coefficient (Wildman–Crippen LogP) is 3.17. The Morgan fingerprint density at radius 1 is 1.12 bits per heavy atom. The number of nitrogens with zero attached hydrogens (tertiary/aromatic N) is 4. The molecule has 0 radical (unpaired) electrons. The zero-order valence-corrected chi connectivity index (χ0v) is 21.9. The first-order valence-electron chi connectivity index (χ1n) is 10.7. The number of hydrogen-bond acceptors (Lipinski definition) is 8. The van der Waals surface area contributed by atoms with Gasteiger partial charge >= 0.3 is 0 Å². The van der Waals surface area contributed by atoms with E-state index in [9.17, 15) is 13.2 Å². The van der Waals surface area contributed by atoms with Crippen molar-refractivity contribution >= 4 is 60.5 Å². The van der Waals surface area contributed by atoms with Crippen LogP contribution in [0.4, 0.5) is 10.8 Å². The number of fused-ring (bicyclic) bond motifs is 1. The third-order valence-electron chi connectivity index (χ3n) is 5.63. The van der Waals surface area contributed by atoms with Gasteiger partial charge in [-0.1, -0.05) is 11.3 Å². The minimum absolute atomic E-state index is 0. The SMILES string of the molecule is CN(C)c1ccc(C(=O)N(CCN2CCOCC2)c2nc3ccc(S(C)(=O)=O)cc3s2)cc1.Cl. The van der Waals surface area contributed by atoms with Crippen molar-refractivity contribution in [3.8, 4) is 0 Å². The van der Waals surface area contributed by atoms with Crippen molar-refractivity contribution in [2.24, 2.45) is 0 Å². The van der Waals surface area contributed by atoms with E-state index in [1.54, 1.807) is 23.1 Å². The number of rotatable bonds is 7. The third-order valence-corrected chi connectivity index (χ3v) is 7.78. The van der Waals surface area contributed by atoms with Crippen molar-refractivity contribution in [2.75, 3.05) is 69.5 Å². The van der Waals surface area contributed by atoms with Gasteiger partial charge in [0.2, 0.25) is 0 Å². The molecule has 11 heteroatoms. The van der Waals surface area contributed by atoms with E-state index in [2.05, 4.69) is 9.88 Å². The Labute approximate surface area is 210 Å². The first-order chi connectivity index (χ1) is 15.7. The average Bonchev–Trinajstić information content (AvgIpc) is 3.22. The molecule has 4 rings (SSSR count). The van der Waals surface area contributed by atoms with Gasteiger partial charge in [-0.3, -0.25) is 14.6 Å². The second-order valence-electron chi connectivity index (χ2n) is 8.25. The number of sulfone groups is 1. The van der Waals surface area contributed by atoms with E-state index in [4.69, 9.17) is 4.74 Å². The third kappa shape index (κ3) is 6.05. The number of carbonyl (C=O) groups is 1. The van der Waals surface area contributed by atoms with Crippen LogP contribution in [-0.2, 0) is 14.6 Å². The molecule has 1 aromatic heterocycles. The van der Waals surface area contributed by atoms with Crippen molar-refractivity contribution in [1.29, 1.82) is 0 Å². The zero-order valence-electron chi connectivity index (χ0n) is 19.4. The van der Waals surface area contributed by atoms with Crippen molar-refractivity contribution in [2.45, 2.75) is 4.90 Å². The number of aromatic nitrogens is 1. The van der Waals surface area contributed by atoms with E-state index in [-0.39, 0.29) is 23.2 Å². The fourth-order valence-corrected chi connectivity index (χ4v) is 5.40. The highest BCUT2D eigenvalue weighted by Crippen LogP contribution is 2.31. The molecule has 0 unspecified atom stereocenters. The Balaban J connectivity index is 0.00000324. The van der Waals surface area contributed by atoms with Crippen LogP contribution in [-0.4, -0.2) is 84.0 Å². The van der Waals surface area contributed by atoms with E-state index in [0.717, 1.165) is 23.5 Å². The maximum absolute atomic E-state index is 13.5. The van der Waals surface area contributed by atoms with E-state index in [0.29, 0.717) is 42.5 Å². The van der Waals surface area contributed by atoms with E-state index >= 15 is 0 Å². The molecule has 2 aromatic carbocycles. The second kappa shape index (κ2) is 11.0. The quantitative estimate of drug-likeness (QED) is 0.469. The summed E-state index contributed by atoms with van der Waals surface area (Å²) < 4.78 is 30.1. The van der Waals surface area contributed by atoms with Gasteiger partial charge in [0, 0.05) is 57.8 Å². The molecule has 3 aromatic rings. The molecule has 0 spiro atoms. The molecule has 0 saturated carbocycles. The molecule has 184 valence electrons. The summed E-state index contributed by atoms with van der Waals surface area (Å²) in [4.78, 5) is 24.4. The molecule has 2 heterocycles. The fraction of sp³-hybridized carbons (Fsp3) is 0.391. The van der Waals surface area contributed by atoms with Crippen molar-refractivity contribution < 1.29 is 17.9 Å². The van der Waals surface area contributed by atoms with E-state index in [1.165, 1.54) is 17.6 Å². The second-order valence-corrected chi connectivity index (χ2v) is 11.3. The number of benzene rings is 2. The lowest BCUT2D eigenvalue weighted by Crippen LogP contribution is -2.43. The monoisotopic (exact) mass is 524 g/mol. The van der Waals surface area contributed by atoms with Gasteiger partial charge in [-0.15, -0.1) is 12.4 Å². The molecule has 1 aliphatic heterocycles. The molecule has 0 aliphatic carbocycles. The fourth-order valence-electron chi connectivity index (χ4n) is 3.65. The lowest BCUT2D eigenvalue weighted by atomic mass is 10.1. The van der Waals surface area contributed by atoms with Gasteiger partial charge in [0.1, 0.15) is 0 Å². The average molecular weight is 525 g/mol. The number of morpholine rings is 1. The highest BCUT2D eigenvalue weighted by atomic mass is 35.5. The van der Waals surface area contributed by atoms with Gasteiger partial charge in [0.25, 0.3) is 5.91 Å². The summed E-state index contributed by atoms with van der Waals surface area (Å²) in [5.74, 6) is -0.129. The smallest absolute Gasteiger partial charge is 0.260 e. The maximum atomic E-state index is 13.5. The first kappa shape index (κ1) is 26.4. The molecule has 34 heavy (non-hydrogen) atoms. The molecule has 1 aliphatic rings. The summed E-state index contributed by atoms with van der Waals surface area (Å²) in [6.07, 6.45) is 1.19. The number of halogens is 1. The van der Waals surface area contributed by atoms with Crippen LogP contribution < -0.4 is 9.80 Å². The number of anilines is 2. The normalized spacial score (nSPS) is 14.6. The van der Waals surface area contributed by atoms with Crippen LogP contribution in [0.25, 0.3) is 10.2 Å². The molecule has 1 amide bonds. The van der Waals surface area contributed by atoms with Gasteiger partial charge < -0.3 is 9.64 Å². The lowest BCUT2D eigenvalue weighted by Gasteiger charge is -2.29. The Morgan fingerprint density at radius 3 is 2.41 bits per heavy atom. The van der Waals surface area contributed by atoms with E-state index < -0.39 is 9.84 Å². The van der Waals surface area contributed by atoms with Crippen LogP contribution in [0.5, 0.6) is 0 Å². The molecule has 0 N–H and O–H groups in total. The number of carbonyl (C=O) groups excluding carboxylic acids is 1. The standard InChI is InChI=1S/C23H28N4O4S2.ClH/c1-25(2)18-6-4-17(5-7-18)22(28)27(11-10-26-12-14-31-15-13-26)23-24-20-9-8-19(33(3,29)30)16-21(20)32-23;/h4-9,16H,10-15H2,1-3H3;1H. The highest BCUT2D eigenvalue weighted by Gasteiger charge is 2.23. The molecule has 0 bridgehead atoms. The Kier molecular flexibility index (Phi) is 8.53. The molecule has 1 saturated heterocycles. The number of ether oxygens (including phenoxy) is 1. The van der Waals surface area contributed by atoms with Crippen LogP contribution in [0.2, 0.25) is 0 Å². The maximum Gasteiger partial charge on any atom is 0.260 e. The number of amides is 1. The molecular weight excluding hydrogens is 496 g/mol. The first-order valence-corrected chi connectivity index (χ1v) is 13.4. The number of thiazole rings is 1. The molecule has 0 atom stereocenters. The van der Waals surface area contributed by atoms with Gasteiger partial charge in [0.05, 0.1) is 28.3 Å². The van der Waals surface area contributed by atoms with Gasteiger partial charge in [-0.2, -0.15) is 0 Å². The summed E-state index contributed by atoms with van der Waals surface area (Å²) in [5.41, 5.74) is 2.27. The summed E-state index contributed by atoms with van der Waals surface area (Å²) in [6.45, 7) is 4.22. The lowest BCUT2D eigenvalue weighted by molar-refractivity contribution is 0.0391. The van der Waals surface area contributed by atoms with Crippen molar-refractivity contribution in [3.63, 3.8) is 0 Å². The Bertz CT molecular complexity index is 1240. The van der Waals surface area contributed by atoms with Gasteiger partial charge in [-0.25, -0.2) is 13.4 Å². The molecule has 8 nitrogen and oxygen atoms in total. The zero-order chi connectivity index (χ0) is 23.6. The van der Waals surface area contributed by atoms with Crippen LogP contribution in [0.15, 0.2) is 47.4 Å². The van der Waals surface area contributed by atoms with Crippen molar-refractivity contribution in [1.82, 2.24) is 9.88 Å². The van der Waals surface area contributed by atoms with Crippen LogP contribution in [0.1, 0.15) is 10.4 Å². The minimum atomic E-state index is -3.32. The predicted molar refractivity (Wildman–Crippen MR) is 140 cm³/mol. The summed E-state index contributed by atoms with van der Waals surface area (Å²) in [6, 6.07) is 12.4. The summed E-state index contributed by atoms with van der Waals surface area (Å²) in [5, 5.41) is 0.561. The molecule has 1 fully saturated rings. The van der Waals surface area contributed by atoms with Crippen LogP contribution in [0, 0.1) is 0 Å². The molecular formula is C23H29ClN4O4S2. The highest BCUT2D eigenvalue weighted by molar-refractivity contribution is 7.90. The summed E-state index contributed by atoms with van der Waals surface area (Å²) >= 11 is 1.33. The Morgan fingerprint density at radius 2 is 1.79 bits per heavy atom. The number of hydrogen-bond donors (Lipinski definition) is 0. The van der Waals surface area contributed by atoms with Crippen molar-refractivity contribution in [3.05, 3.63) is 48.0 Å².